The van der Waals surface area contributed by atoms with E-state index in [-0.39, 0.29) is 11.9 Å². The molecular weight excluding hydrogens is 246 g/mol. The first kappa shape index (κ1) is 11.7. The third kappa shape index (κ3) is 1.68. The van der Waals surface area contributed by atoms with Gasteiger partial charge in [0.2, 0.25) is 5.91 Å². The molecule has 0 saturated carbocycles. The van der Waals surface area contributed by atoms with Gasteiger partial charge in [0, 0.05) is 12.3 Å². The molecule has 2 heteroatoms. The molecule has 20 heavy (non-hydrogen) atoms. The second-order valence-electron chi connectivity index (χ2n) is 5.76. The number of rotatable bonds is 1. The van der Waals surface area contributed by atoms with Crippen molar-refractivity contribution in [1.82, 2.24) is 5.32 Å². The van der Waals surface area contributed by atoms with Crippen LogP contribution in [0.5, 0.6) is 0 Å². The molecule has 1 aliphatic carbocycles. The zero-order valence-corrected chi connectivity index (χ0v) is 11.3. The molecule has 2 nitrogen and oxygen atoms in total. The standard InChI is InChI=1S/C18H17NO/c20-16-11-10-15-17(12-6-2-1-3-7-12)13-8-4-5-9-14(13)18(15)19-16/h1-9,15,17-18H,10-11H2,(H,19,20)/t15-,17-,18+/m0/s1. The molecule has 4 rings (SSSR count). The van der Waals surface area contributed by atoms with Crippen molar-refractivity contribution < 1.29 is 4.79 Å². The van der Waals surface area contributed by atoms with Gasteiger partial charge in [0.15, 0.2) is 0 Å². The first-order valence-electron chi connectivity index (χ1n) is 7.28. The Hall–Kier alpha value is -2.09. The molecule has 3 atom stereocenters. The van der Waals surface area contributed by atoms with Crippen molar-refractivity contribution in [3.63, 3.8) is 0 Å². The zero-order valence-electron chi connectivity index (χ0n) is 11.3. The van der Waals surface area contributed by atoms with Gasteiger partial charge in [0.1, 0.15) is 0 Å². The highest BCUT2D eigenvalue weighted by atomic mass is 16.1. The van der Waals surface area contributed by atoms with Gasteiger partial charge in [-0.05, 0) is 29.0 Å². The average Bonchev–Trinajstić information content (AvgIpc) is 2.82. The Morgan fingerprint density at radius 1 is 0.900 bits per heavy atom. The maximum atomic E-state index is 11.7. The second-order valence-corrected chi connectivity index (χ2v) is 5.76. The SMILES string of the molecule is O=C1CC[C@H]2[C@@H](c3ccccc3)c3ccccc3[C@H]2N1. The van der Waals surface area contributed by atoms with Gasteiger partial charge in [-0.1, -0.05) is 54.6 Å². The molecule has 0 spiro atoms. The predicted molar refractivity (Wildman–Crippen MR) is 78.3 cm³/mol. The Balaban J connectivity index is 1.85. The van der Waals surface area contributed by atoms with Crippen molar-refractivity contribution in [2.45, 2.75) is 24.8 Å². The lowest BCUT2D eigenvalue weighted by Gasteiger charge is -2.30. The van der Waals surface area contributed by atoms with E-state index in [1.807, 2.05) is 0 Å². The van der Waals surface area contributed by atoms with Gasteiger partial charge in [0.25, 0.3) is 0 Å². The van der Waals surface area contributed by atoms with Crippen molar-refractivity contribution in [3.05, 3.63) is 71.3 Å². The molecule has 1 fully saturated rings. The molecule has 0 bridgehead atoms. The molecule has 1 N–H and O–H groups in total. The van der Waals surface area contributed by atoms with E-state index >= 15 is 0 Å². The summed E-state index contributed by atoms with van der Waals surface area (Å²) >= 11 is 0. The smallest absolute Gasteiger partial charge is 0.220 e. The van der Waals surface area contributed by atoms with E-state index in [1.165, 1.54) is 16.7 Å². The minimum Gasteiger partial charge on any atom is -0.349 e. The number of hydrogen-bond acceptors (Lipinski definition) is 1. The summed E-state index contributed by atoms with van der Waals surface area (Å²) in [7, 11) is 0. The minimum absolute atomic E-state index is 0.190. The van der Waals surface area contributed by atoms with Crippen LogP contribution < -0.4 is 5.32 Å². The summed E-state index contributed by atoms with van der Waals surface area (Å²) in [5, 5.41) is 3.20. The largest absolute Gasteiger partial charge is 0.349 e. The van der Waals surface area contributed by atoms with Gasteiger partial charge in [0.05, 0.1) is 6.04 Å². The van der Waals surface area contributed by atoms with Crippen molar-refractivity contribution in [2.24, 2.45) is 5.92 Å². The van der Waals surface area contributed by atoms with Gasteiger partial charge in [-0.3, -0.25) is 4.79 Å². The van der Waals surface area contributed by atoms with Gasteiger partial charge in [-0.15, -0.1) is 0 Å². The van der Waals surface area contributed by atoms with E-state index in [2.05, 4.69) is 59.9 Å². The lowest BCUT2D eigenvalue weighted by Crippen LogP contribution is -2.37. The monoisotopic (exact) mass is 263 g/mol. The first-order valence-corrected chi connectivity index (χ1v) is 7.28. The van der Waals surface area contributed by atoms with Crippen LogP contribution in [0.15, 0.2) is 54.6 Å². The molecule has 1 amide bonds. The fraction of sp³-hybridized carbons (Fsp3) is 0.278. The van der Waals surface area contributed by atoms with Crippen molar-refractivity contribution >= 4 is 5.91 Å². The highest BCUT2D eigenvalue weighted by molar-refractivity contribution is 5.78. The predicted octanol–water partition coefficient (Wildman–Crippen LogP) is 3.40. The molecule has 0 aromatic heterocycles. The summed E-state index contributed by atoms with van der Waals surface area (Å²) in [4.78, 5) is 11.7. The first-order chi connectivity index (χ1) is 9.84. The van der Waals surface area contributed by atoms with Crippen LogP contribution in [0.25, 0.3) is 0 Å². The highest BCUT2D eigenvalue weighted by Crippen LogP contribution is 2.51. The van der Waals surface area contributed by atoms with E-state index in [4.69, 9.17) is 0 Å². The topological polar surface area (TPSA) is 29.1 Å². The van der Waals surface area contributed by atoms with E-state index in [0.29, 0.717) is 18.3 Å². The number of amides is 1. The maximum Gasteiger partial charge on any atom is 0.220 e. The lowest BCUT2D eigenvalue weighted by molar-refractivity contribution is -0.124. The quantitative estimate of drug-likeness (QED) is 0.839. The van der Waals surface area contributed by atoms with Crippen LogP contribution in [0.2, 0.25) is 0 Å². The van der Waals surface area contributed by atoms with Crippen LogP contribution >= 0.6 is 0 Å². The lowest BCUT2D eigenvalue weighted by atomic mass is 9.80. The van der Waals surface area contributed by atoms with E-state index in [0.717, 1.165) is 6.42 Å². The van der Waals surface area contributed by atoms with Crippen LogP contribution in [-0.2, 0) is 4.79 Å². The Morgan fingerprint density at radius 2 is 1.60 bits per heavy atom. The van der Waals surface area contributed by atoms with Gasteiger partial charge < -0.3 is 5.32 Å². The van der Waals surface area contributed by atoms with Crippen LogP contribution in [0, 0.1) is 5.92 Å². The van der Waals surface area contributed by atoms with Gasteiger partial charge in [-0.2, -0.15) is 0 Å². The summed E-state index contributed by atoms with van der Waals surface area (Å²) < 4.78 is 0. The number of benzene rings is 2. The minimum atomic E-state index is 0.190. The number of carbonyl (C=O) groups excluding carboxylic acids is 1. The molecule has 100 valence electrons. The summed E-state index contributed by atoms with van der Waals surface area (Å²) in [5.74, 6) is 1.10. The molecule has 2 aromatic rings. The number of carbonyl (C=O) groups is 1. The van der Waals surface area contributed by atoms with Crippen LogP contribution in [0.3, 0.4) is 0 Å². The summed E-state index contributed by atoms with van der Waals surface area (Å²) in [5.41, 5.74) is 4.05. The summed E-state index contributed by atoms with van der Waals surface area (Å²) in [6, 6.07) is 19.4. The van der Waals surface area contributed by atoms with Crippen LogP contribution in [-0.4, -0.2) is 5.91 Å². The molecule has 0 radical (unpaired) electrons. The second kappa shape index (κ2) is 4.48. The summed E-state index contributed by atoms with van der Waals surface area (Å²) in [6.07, 6.45) is 1.63. The Labute approximate surface area is 118 Å². The van der Waals surface area contributed by atoms with E-state index in [9.17, 15) is 4.79 Å². The van der Waals surface area contributed by atoms with Gasteiger partial charge in [-0.25, -0.2) is 0 Å². The molecule has 1 aliphatic heterocycles. The Kier molecular flexibility index (Phi) is 2.62. The molecule has 1 saturated heterocycles. The van der Waals surface area contributed by atoms with Gasteiger partial charge >= 0.3 is 0 Å². The normalized spacial score (nSPS) is 27.6. The van der Waals surface area contributed by atoms with Crippen molar-refractivity contribution in [2.75, 3.05) is 0 Å². The fourth-order valence-electron chi connectivity index (χ4n) is 3.88. The van der Waals surface area contributed by atoms with E-state index in [1.54, 1.807) is 0 Å². The average molecular weight is 263 g/mol. The molecule has 2 aromatic carbocycles. The third-order valence-electron chi connectivity index (χ3n) is 4.70. The molecule has 0 unspecified atom stereocenters. The van der Waals surface area contributed by atoms with Crippen molar-refractivity contribution in [3.8, 4) is 0 Å². The van der Waals surface area contributed by atoms with E-state index < -0.39 is 0 Å². The van der Waals surface area contributed by atoms with Crippen molar-refractivity contribution in [1.29, 1.82) is 0 Å². The number of fused-ring (bicyclic) bond motifs is 3. The molecule has 1 heterocycles. The molecule has 2 aliphatic rings. The maximum absolute atomic E-state index is 11.7. The fourth-order valence-corrected chi connectivity index (χ4v) is 3.88. The summed E-state index contributed by atoms with van der Waals surface area (Å²) in [6.45, 7) is 0. The van der Waals surface area contributed by atoms with Crippen LogP contribution in [0.4, 0.5) is 0 Å². The number of piperidine rings is 1. The molecular formula is C18H17NO. The van der Waals surface area contributed by atoms with Crippen LogP contribution in [0.1, 0.15) is 41.5 Å². The Morgan fingerprint density at radius 3 is 2.40 bits per heavy atom. The number of hydrogen-bond donors (Lipinski definition) is 1. The highest BCUT2D eigenvalue weighted by Gasteiger charge is 2.43. The Bertz CT molecular complexity index is 649. The third-order valence-corrected chi connectivity index (χ3v) is 4.70. The zero-order chi connectivity index (χ0) is 13.5. The number of nitrogens with one attached hydrogen (secondary N) is 1.